The SMILES string of the molecule is CC/C=C\C/C=C\C/C=C\C/C=C\C/C=C\CCCCCC(=O)O[C@H](COC(=O)CC/C=C\C/C=C\C/C=C\C/C=C\C/C=C\CCCCC)COP(=O)(O)OC[C@@H](O)COP(=O)(O)OC[C@@H](COC(=O)CCCCCCC/C=C\CCCCCCCC)OC(=O)CCCCCCC/C=C\CCCCCC. The Hall–Kier alpha value is -5.06. The number of carbonyl (C=O) groups excluding carboxylic acids is 4. The lowest BCUT2D eigenvalue weighted by Gasteiger charge is -2.21. The summed E-state index contributed by atoms with van der Waals surface area (Å²) in [7, 11) is -10.0. The maximum absolute atomic E-state index is 13.1. The van der Waals surface area contributed by atoms with E-state index in [1.165, 1.54) is 83.5 Å². The van der Waals surface area contributed by atoms with Crippen LogP contribution in [0, 0.1) is 0 Å². The second-order valence-electron chi connectivity index (χ2n) is 27.0. The van der Waals surface area contributed by atoms with Crippen molar-refractivity contribution >= 4 is 39.5 Å². The molecule has 0 fully saturated rings. The summed E-state index contributed by atoms with van der Waals surface area (Å²) >= 11 is 0. The van der Waals surface area contributed by atoms with Gasteiger partial charge < -0.3 is 33.8 Å². The van der Waals surface area contributed by atoms with Crippen molar-refractivity contribution in [3.8, 4) is 0 Å². The Morgan fingerprint density at radius 3 is 0.858 bits per heavy atom. The van der Waals surface area contributed by atoms with Gasteiger partial charge in [0, 0.05) is 25.7 Å². The molecule has 0 amide bonds. The minimum Gasteiger partial charge on any atom is -0.462 e. The van der Waals surface area contributed by atoms with Gasteiger partial charge in [-0.3, -0.25) is 37.3 Å². The number of phosphoric acid groups is 2. The minimum absolute atomic E-state index is 0.0258. The van der Waals surface area contributed by atoms with Crippen LogP contribution in [-0.2, 0) is 65.4 Å². The normalized spacial score (nSPS) is 14.6. The number of allylic oxidation sites excluding steroid dienone is 24. The van der Waals surface area contributed by atoms with Gasteiger partial charge in [-0.05, 0) is 161 Å². The highest BCUT2D eigenvalue weighted by Crippen LogP contribution is 2.45. The smallest absolute Gasteiger partial charge is 0.462 e. The molecule has 606 valence electrons. The highest BCUT2D eigenvalue weighted by Gasteiger charge is 2.30. The van der Waals surface area contributed by atoms with E-state index in [0.29, 0.717) is 32.1 Å². The molecular formula is C87H146O17P2. The number of unbranched alkanes of at least 4 members (excludes halogenated alkanes) is 26. The van der Waals surface area contributed by atoms with Gasteiger partial charge in [0.2, 0.25) is 0 Å². The number of ether oxygens (including phenoxy) is 4. The van der Waals surface area contributed by atoms with Crippen LogP contribution in [0.2, 0.25) is 0 Å². The van der Waals surface area contributed by atoms with E-state index in [-0.39, 0.29) is 25.7 Å². The minimum atomic E-state index is -5.01. The Labute approximate surface area is 643 Å². The first kappa shape index (κ1) is 101. The van der Waals surface area contributed by atoms with Crippen LogP contribution in [-0.4, -0.2) is 96.7 Å². The standard InChI is InChI=1S/C87H146O17P2/c1-5-9-13-17-21-25-29-33-36-38-40-42-45-49-52-56-60-64-68-72-85(90)98-78-83(104-87(92)74-70-66-62-58-54-50-46-43-41-39-37-34-30-26-22-18-14-10-6-2)80-102-106(95,96)100-76-81(88)75-99-105(93,94)101-79-82(103-86(91)73-69-65-61-57-53-47-32-28-24-20-16-12-8-4)77-97-84(89)71-67-63-59-55-51-48-44-35-31-27-23-19-15-11-7-3/h10,14,21-22,25-26,28,32-37,40-44,49-50,52,54,60,64,81-83,88H,5-9,11-13,15-20,23-24,27,29-31,38-39,45-48,51,53,55-59,61-63,65-80H2,1-4H3,(H,93,94)(H,95,96)/b14-10-,25-21-,26-22-,32-28-,36-33-,37-34-,42-40-,43-41-,44-35-,52-49-,54-50-,64-60-/t81-,82+,83+/m0/s1. The van der Waals surface area contributed by atoms with Crippen molar-refractivity contribution in [1.82, 2.24) is 0 Å². The molecule has 0 saturated carbocycles. The third-order valence-electron chi connectivity index (χ3n) is 16.8. The quantitative estimate of drug-likeness (QED) is 0.0169. The molecule has 17 nitrogen and oxygen atoms in total. The van der Waals surface area contributed by atoms with E-state index in [1.807, 2.05) is 18.2 Å². The number of rotatable bonds is 76. The molecule has 106 heavy (non-hydrogen) atoms. The van der Waals surface area contributed by atoms with E-state index >= 15 is 0 Å². The average molecular weight is 1530 g/mol. The monoisotopic (exact) mass is 1530 g/mol. The Kier molecular flexibility index (Phi) is 74.3. The van der Waals surface area contributed by atoms with Gasteiger partial charge in [-0.25, -0.2) is 9.13 Å². The first-order valence-electron chi connectivity index (χ1n) is 41.1. The molecule has 0 aliphatic carbocycles. The van der Waals surface area contributed by atoms with Crippen LogP contribution in [0.15, 0.2) is 146 Å². The fourth-order valence-corrected chi connectivity index (χ4v) is 12.1. The van der Waals surface area contributed by atoms with Gasteiger partial charge in [0.1, 0.15) is 19.3 Å². The third-order valence-corrected chi connectivity index (χ3v) is 18.7. The van der Waals surface area contributed by atoms with Gasteiger partial charge in [-0.1, -0.05) is 283 Å². The molecule has 0 aliphatic rings. The first-order chi connectivity index (χ1) is 51.7. The maximum Gasteiger partial charge on any atom is 0.472 e. The summed E-state index contributed by atoms with van der Waals surface area (Å²) in [5.74, 6) is -2.33. The van der Waals surface area contributed by atoms with E-state index in [1.54, 1.807) is 0 Å². The van der Waals surface area contributed by atoms with Crippen molar-refractivity contribution in [3.63, 3.8) is 0 Å². The number of esters is 4. The Balaban J connectivity index is 5.48. The first-order valence-corrected chi connectivity index (χ1v) is 44.1. The maximum atomic E-state index is 13.1. The zero-order chi connectivity index (χ0) is 77.4. The molecular weight excluding hydrogens is 1380 g/mol. The molecule has 5 atom stereocenters. The Morgan fingerprint density at radius 2 is 0.509 bits per heavy atom. The number of aliphatic hydroxyl groups excluding tert-OH is 1. The molecule has 0 rings (SSSR count). The Bertz CT molecular complexity index is 2580. The molecule has 19 heteroatoms. The summed E-state index contributed by atoms with van der Waals surface area (Å²) in [5, 5.41) is 10.6. The van der Waals surface area contributed by atoms with Crippen LogP contribution in [0.4, 0.5) is 0 Å². The van der Waals surface area contributed by atoms with E-state index in [4.69, 9.17) is 37.0 Å². The van der Waals surface area contributed by atoms with Crippen molar-refractivity contribution in [3.05, 3.63) is 146 Å². The molecule has 0 saturated heterocycles. The van der Waals surface area contributed by atoms with Gasteiger partial charge in [0.15, 0.2) is 12.2 Å². The predicted molar refractivity (Wildman–Crippen MR) is 436 cm³/mol. The van der Waals surface area contributed by atoms with Crippen LogP contribution >= 0.6 is 15.6 Å². The number of hydrogen-bond donors (Lipinski definition) is 3. The van der Waals surface area contributed by atoms with Crippen LogP contribution in [0.5, 0.6) is 0 Å². The van der Waals surface area contributed by atoms with E-state index in [9.17, 15) is 43.2 Å². The van der Waals surface area contributed by atoms with Crippen molar-refractivity contribution in [1.29, 1.82) is 0 Å². The predicted octanol–water partition coefficient (Wildman–Crippen LogP) is 24.2. The van der Waals surface area contributed by atoms with Crippen LogP contribution in [0.25, 0.3) is 0 Å². The molecule has 0 aromatic heterocycles. The van der Waals surface area contributed by atoms with Crippen LogP contribution in [0.3, 0.4) is 0 Å². The molecule has 0 radical (unpaired) electrons. The summed E-state index contributed by atoms with van der Waals surface area (Å²) in [6, 6.07) is 0. The molecule has 0 spiro atoms. The van der Waals surface area contributed by atoms with E-state index in [0.717, 1.165) is 154 Å². The van der Waals surface area contributed by atoms with Gasteiger partial charge in [0.05, 0.1) is 26.4 Å². The third kappa shape index (κ3) is 77.1. The summed E-state index contributed by atoms with van der Waals surface area (Å²) in [5.41, 5.74) is 0. The summed E-state index contributed by atoms with van der Waals surface area (Å²) < 4.78 is 68.5. The van der Waals surface area contributed by atoms with E-state index in [2.05, 4.69) is 155 Å². The van der Waals surface area contributed by atoms with Crippen LogP contribution in [0.1, 0.15) is 323 Å². The lowest BCUT2D eigenvalue weighted by molar-refractivity contribution is -0.161. The average Bonchev–Trinajstić information content (AvgIpc) is 1.23. The van der Waals surface area contributed by atoms with Gasteiger partial charge in [0.25, 0.3) is 0 Å². The zero-order valence-electron chi connectivity index (χ0n) is 66.3. The van der Waals surface area contributed by atoms with Gasteiger partial charge >= 0.3 is 39.5 Å². The number of carbonyl (C=O) groups is 4. The second-order valence-corrected chi connectivity index (χ2v) is 29.9. The van der Waals surface area contributed by atoms with Crippen molar-refractivity contribution < 1.29 is 80.2 Å². The molecule has 0 aromatic rings. The highest BCUT2D eigenvalue weighted by atomic mass is 31.2. The molecule has 0 bridgehead atoms. The topological polar surface area (TPSA) is 237 Å². The van der Waals surface area contributed by atoms with Crippen molar-refractivity contribution in [2.45, 2.75) is 341 Å². The molecule has 3 N–H and O–H groups in total. The van der Waals surface area contributed by atoms with Crippen molar-refractivity contribution in [2.75, 3.05) is 39.6 Å². The van der Waals surface area contributed by atoms with Crippen molar-refractivity contribution in [2.24, 2.45) is 0 Å². The lowest BCUT2D eigenvalue weighted by atomic mass is 10.1. The zero-order valence-corrected chi connectivity index (χ0v) is 68.1. The molecule has 0 aliphatic heterocycles. The molecule has 2 unspecified atom stereocenters. The lowest BCUT2D eigenvalue weighted by Crippen LogP contribution is -2.30. The molecule has 0 heterocycles. The summed E-state index contributed by atoms with van der Waals surface area (Å²) in [6.45, 7) is 4.58. The number of hydrogen-bond acceptors (Lipinski definition) is 15. The number of phosphoric ester groups is 2. The Morgan fingerprint density at radius 1 is 0.274 bits per heavy atom. The second kappa shape index (κ2) is 78.1. The number of aliphatic hydroxyl groups is 1. The van der Waals surface area contributed by atoms with Gasteiger partial charge in [-0.15, -0.1) is 0 Å². The summed E-state index contributed by atoms with van der Waals surface area (Å²) in [4.78, 5) is 73.0. The highest BCUT2D eigenvalue weighted by molar-refractivity contribution is 7.47. The van der Waals surface area contributed by atoms with Crippen LogP contribution < -0.4 is 0 Å². The fourth-order valence-electron chi connectivity index (χ4n) is 10.5. The summed E-state index contributed by atoms with van der Waals surface area (Å²) in [6.07, 6.45) is 89.8. The fraction of sp³-hybridized carbons (Fsp3) is 0.678. The largest absolute Gasteiger partial charge is 0.472 e. The van der Waals surface area contributed by atoms with Gasteiger partial charge in [-0.2, -0.15) is 0 Å². The molecule has 0 aromatic carbocycles. The van der Waals surface area contributed by atoms with E-state index < -0.39 is 97.5 Å².